The maximum Gasteiger partial charge on any atom is 0.294 e. The molecular formula is C26H35N6O2+. The minimum atomic E-state index is -0.233. The lowest BCUT2D eigenvalue weighted by Gasteiger charge is -2.34. The quantitative estimate of drug-likeness (QED) is 0.426. The number of carbonyl (C=O) groups excluding carboxylic acids is 1. The Labute approximate surface area is 200 Å². The van der Waals surface area contributed by atoms with Crippen LogP contribution in [0.1, 0.15) is 42.5 Å². The van der Waals surface area contributed by atoms with E-state index in [0.717, 1.165) is 33.5 Å². The first kappa shape index (κ1) is 22.7. The Hall–Kier alpha value is -3.13. The van der Waals surface area contributed by atoms with Crippen molar-refractivity contribution in [1.82, 2.24) is 19.9 Å². The Morgan fingerprint density at radius 3 is 2.79 bits per heavy atom. The number of anilines is 1. The molecule has 0 bridgehead atoms. The zero-order valence-electron chi connectivity index (χ0n) is 20.2. The van der Waals surface area contributed by atoms with E-state index in [1.54, 1.807) is 6.20 Å². The van der Waals surface area contributed by atoms with Crippen molar-refractivity contribution in [3.05, 3.63) is 57.8 Å². The molecule has 2 aliphatic rings. The highest BCUT2D eigenvalue weighted by molar-refractivity contribution is 5.83. The number of aromatic nitrogens is 3. The van der Waals surface area contributed by atoms with Crippen LogP contribution in [0.25, 0.3) is 10.9 Å². The van der Waals surface area contributed by atoms with Crippen molar-refractivity contribution in [3.8, 4) is 0 Å². The minimum Gasteiger partial charge on any atom is -0.361 e. The van der Waals surface area contributed by atoms with Gasteiger partial charge in [-0.3, -0.25) is 14.2 Å². The molecule has 0 atom stereocenters. The summed E-state index contributed by atoms with van der Waals surface area (Å²) in [6.07, 6.45) is 8.83. The van der Waals surface area contributed by atoms with Crippen molar-refractivity contribution in [2.75, 3.05) is 31.6 Å². The van der Waals surface area contributed by atoms with E-state index in [-0.39, 0.29) is 18.0 Å². The van der Waals surface area contributed by atoms with Crippen LogP contribution in [0.4, 0.5) is 5.82 Å². The van der Waals surface area contributed by atoms with Gasteiger partial charge in [-0.2, -0.15) is 0 Å². The fourth-order valence-corrected chi connectivity index (χ4v) is 5.21. The van der Waals surface area contributed by atoms with Crippen LogP contribution in [0.5, 0.6) is 0 Å². The Balaban J connectivity index is 1.23. The van der Waals surface area contributed by atoms with E-state index in [9.17, 15) is 9.59 Å². The summed E-state index contributed by atoms with van der Waals surface area (Å²) in [4.78, 5) is 33.5. The van der Waals surface area contributed by atoms with Crippen molar-refractivity contribution in [2.24, 2.45) is 5.92 Å². The summed E-state index contributed by atoms with van der Waals surface area (Å²) < 4.78 is 2.55. The lowest BCUT2D eigenvalue weighted by Crippen LogP contribution is -2.50. The van der Waals surface area contributed by atoms with Gasteiger partial charge in [0.05, 0.1) is 19.6 Å². The molecule has 8 heteroatoms. The zero-order valence-corrected chi connectivity index (χ0v) is 20.2. The summed E-state index contributed by atoms with van der Waals surface area (Å²) in [5, 5.41) is 7.45. The Morgan fingerprint density at radius 2 is 2.03 bits per heavy atom. The van der Waals surface area contributed by atoms with Gasteiger partial charge in [-0.15, -0.1) is 0 Å². The van der Waals surface area contributed by atoms with Crippen LogP contribution in [-0.4, -0.2) is 51.2 Å². The van der Waals surface area contributed by atoms with Gasteiger partial charge in [-0.1, -0.05) is 6.07 Å². The van der Waals surface area contributed by atoms with Crippen LogP contribution in [0.2, 0.25) is 0 Å². The maximum atomic E-state index is 13.1. The van der Waals surface area contributed by atoms with Crippen LogP contribution in [-0.2, 0) is 17.9 Å². The second-order valence-corrected chi connectivity index (χ2v) is 10.2. The predicted octanol–water partition coefficient (Wildman–Crippen LogP) is 3.05. The van der Waals surface area contributed by atoms with Crippen molar-refractivity contribution >= 4 is 22.6 Å². The summed E-state index contributed by atoms with van der Waals surface area (Å²) in [7, 11) is 0. The third kappa shape index (κ3) is 4.87. The number of hydrogen-bond donors (Lipinski definition) is 3. The molecule has 5 rings (SSSR count). The second-order valence-electron chi connectivity index (χ2n) is 10.2. The van der Waals surface area contributed by atoms with Gasteiger partial charge in [0.15, 0.2) is 12.5 Å². The van der Waals surface area contributed by atoms with Gasteiger partial charge in [-0.25, -0.2) is 4.98 Å². The van der Waals surface area contributed by atoms with E-state index in [0.29, 0.717) is 18.1 Å². The number of H-pyrrole nitrogens is 1. The molecule has 2 aromatic heterocycles. The van der Waals surface area contributed by atoms with Crippen molar-refractivity contribution < 1.29 is 9.28 Å². The van der Waals surface area contributed by atoms with E-state index in [1.807, 2.05) is 25.3 Å². The summed E-state index contributed by atoms with van der Waals surface area (Å²) in [6.45, 7) is 8.54. The molecule has 3 heterocycles. The minimum absolute atomic E-state index is 0.0185. The molecular weight excluding hydrogens is 428 g/mol. The second kappa shape index (κ2) is 9.25. The molecule has 0 radical (unpaired) electrons. The summed E-state index contributed by atoms with van der Waals surface area (Å²) in [5.74, 6) is 0.991. The first-order chi connectivity index (χ1) is 16.4. The number of likely N-dealkylation sites (tertiary alicyclic amines) is 1. The van der Waals surface area contributed by atoms with Gasteiger partial charge in [0.2, 0.25) is 5.91 Å². The Bertz CT molecular complexity index is 1250. The highest BCUT2D eigenvalue weighted by Crippen LogP contribution is 2.34. The van der Waals surface area contributed by atoms with Crippen LogP contribution in [0.15, 0.2) is 35.4 Å². The molecule has 3 N–H and O–H groups in total. The fraction of sp³-hybridized carbons (Fsp3) is 0.500. The average Bonchev–Trinajstić information content (AvgIpc) is 3.39. The van der Waals surface area contributed by atoms with Crippen LogP contribution >= 0.6 is 0 Å². The number of benzene rings is 1. The third-order valence-electron chi connectivity index (χ3n) is 7.44. The number of hydrogen-bond acceptors (Lipinski definition) is 4. The van der Waals surface area contributed by atoms with Crippen LogP contribution < -0.4 is 16.2 Å². The first-order valence-electron chi connectivity index (χ1n) is 12.4. The maximum absolute atomic E-state index is 13.1. The standard InChI is InChI=1S/C26H34N6O2/c1-18-12-27-23-8-7-21(11-22(18)23)14-28-24(33)15-31-19(2)13-29-25(26(31)34)30-17-32(9-3-4-10-32)16-20-5-6-20/h7-8,11-13,20,27H,3-6,9-10,14-17H2,1-2H3,(H-,28,29,30,33)/p+1. The van der Waals surface area contributed by atoms with Crippen molar-refractivity contribution in [2.45, 2.75) is 52.6 Å². The number of fused-ring (bicyclic) bond motifs is 1. The van der Waals surface area contributed by atoms with Gasteiger partial charge in [0, 0.05) is 54.3 Å². The molecule has 8 nitrogen and oxygen atoms in total. The van der Waals surface area contributed by atoms with Gasteiger partial charge >= 0.3 is 0 Å². The number of quaternary nitrogens is 1. The molecule has 180 valence electrons. The number of nitrogens with one attached hydrogen (secondary N) is 3. The molecule has 2 fully saturated rings. The lowest BCUT2D eigenvalue weighted by molar-refractivity contribution is -0.915. The first-order valence-corrected chi connectivity index (χ1v) is 12.4. The van der Waals surface area contributed by atoms with Gasteiger partial charge in [0.25, 0.3) is 5.56 Å². The largest absolute Gasteiger partial charge is 0.361 e. The number of nitrogens with zero attached hydrogens (tertiary/aromatic N) is 3. The number of aryl methyl sites for hydroxylation is 2. The molecule has 0 unspecified atom stereocenters. The highest BCUT2D eigenvalue weighted by Gasteiger charge is 2.38. The van der Waals surface area contributed by atoms with Gasteiger partial charge < -0.3 is 20.1 Å². The molecule has 34 heavy (non-hydrogen) atoms. The lowest BCUT2D eigenvalue weighted by atomic mass is 10.1. The smallest absolute Gasteiger partial charge is 0.294 e. The molecule has 3 aromatic rings. The Kier molecular flexibility index (Phi) is 6.16. The number of carbonyl (C=O) groups is 1. The van der Waals surface area contributed by atoms with Crippen LogP contribution in [0, 0.1) is 19.8 Å². The van der Waals surface area contributed by atoms with Gasteiger partial charge in [-0.05, 0) is 49.9 Å². The molecule has 1 amide bonds. The molecule has 1 aromatic carbocycles. The van der Waals surface area contributed by atoms with Crippen LogP contribution in [0.3, 0.4) is 0 Å². The Morgan fingerprint density at radius 1 is 1.24 bits per heavy atom. The molecule has 1 saturated heterocycles. The predicted molar refractivity (Wildman–Crippen MR) is 133 cm³/mol. The fourth-order valence-electron chi connectivity index (χ4n) is 5.21. The van der Waals surface area contributed by atoms with E-state index in [4.69, 9.17) is 0 Å². The SMILES string of the molecule is Cc1c[nH]c2ccc(CNC(=O)Cn3c(C)cnc(NC[N+]4(CC5CC5)CCCC4)c3=O)cc12. The summed E-state index contributed by atoms with van der Waals surface area (Å²) >= 11 is 0. The topological polar surface area (TPSA) is 91.8 Å². The normalized spacial score (nSPS) is 17.2. The summed E-state index contributed by atoms with van der Waals surface area (Å²) in [5.41, 5.74) is 3.74. The van der Waals surface area contributed by atoms with Crippen molar-refractivity contribution in [3.63, 3.8) is 0 Å². The molecule has 0 spiro atoms. The molecule has 1 saturated carbocycles. The van der Waals surface area contributed by atoms with E-state index in [2.05, 4.69) is 33.6 Å². The number of rotatable bonds is 9. The zero-order chi connectivity index (χ0) is 23.7. The highest BCUT2D eigenvalue weighted by atomic mass is 16.2. The summed E-state index contributed by atoms with van der Waals surface area (Å²) in [6, 6.07) is 6.12. The number of aromatic amines is 1. The van der Waals surface area contributed by atoms with Gasteiger partial charge in [0.1, 0.15) is 6.54 Å². The van der Waals surface area contributed by atoms with E-state index >= 15 is 0 Å². The number of amides is 1. The molecule has 1 aliphatic heterocycles. The average molecular weight is 464 g/mol. The monoisotopic (exact) mass is 463 g/mol. The van der Waals surface area contributed by atoms with Crippen molar-refractivity contribution in [1.29, 1.82) is 0 Å². The van der Waals surface area contributed by atoms with E-state index < -0.39 is 0 Å². The van der Waals surface area contributed by atoms with E-state index in [1.165, 1.54) is 55.4 Å². The molecule has 1 aliphatic carbocycles. The third-order valence-corrected chi connectivity index (χ3v) is 7.44.